The topological polar surface area (TPSA) is 119 Å². The van der Waals surface area contributed by atoms with Crippen LogP contribution in [0.2, 0.25) is 0 Å². The van der Waals surface area contributed by atoms with Crippen molar-refractivity contribution in [3.63, 3.8) is 0 Å². The molecule has 0 aromatic heterocycles. The lowest BCUT2D eigenvalue weighted by Gasteiger charge is -2.18. The van der Waals surface area contributed by atoms with Crippen LogP contribution in [-0.2, 0) is 4.79 Å². The van der Waals surface area contributed by atoms with E-state index in [1.165, 1.54) is 0 Å². The SMILES string of the molecule is COc1cc(C(=O)N2CCC(F)(C(=O)O)C2)c([N+](=O)[O-])cc1OC(F)F. The minimum atomic E-state index is -3.29. The van der Waals surface area contributed by atoms with Crippen molar-refractivity contribution in [2.24, 2.45) is 0 Å². The Morgan fingerprint density at radius 3 is 2.50 bits per heavy atom. The molecule has 12 heteroatoms. The summed E-state index contributed by atoms with van der Waals surface area (Å²) < 4.78 is 47.9. The molecular formula is C14H13F3N2O7. The van der Waals surface area contributed by atoms with E-state index >= 15 is 0 Å². The second-order valence-electron chi connectivity index (χ2n) is 5.40. The minimum absolute atomic E-state index is 0.281. The fourth-order valence-electron chi connectivity index (χ4n) is 2.51. The molecule has 0 bridgehead atoms. The maximum absolute atomic E-state index is 14.1. The van der Waals surface area contributed by atoms with Crippen molar-refractivity contribution < 1.29 is 42.3 Å². The molecular weight excluding hydrogens is 365 g/mol. The highest BCUT2D eigenvalue weighted by Crippen LogP contribution is 2.37. The second-order valence-corrected chi connectivity index (χ2v) is 5.40. The summed E-state index contributed by atoms with van der Waals surface area (Å²) in [6, 6.07) is 1.41. The van der Waals surface area contributed by atoms with Crippen LogP contribution < -0.4 is 9.47 Å². The molecule has 1 heterocycles. The van der Waals surface area contributed by atoms with Gasteiger partial charge in [0, 0.05) is 19.0 Å². The van der Waals surface area contributed by atoms with E-state index in [1.807, 2.05) is 0 Å². The summed E-state index contributed by atoms with van der Waals surface area (Å²) in [6.07, 6.45) is -0.481. The Hall–Kier alpha value is -3.05. The summed E-state index contributed by atoms with van der Waals surface area (Å²) in [5, 5.41) is 20.1. The van der Waals surface area contributed by atoms with Gasteiger partial charge in [-0.1, -0.05) is 0 Å². The zero-order valence-electron chi connectivity index (χ0n) is 13.3. The van der Waals surface area contributed by atoms with Crippen LogP contribution in [0, 0.1) is 10.1 Å². The van der Waals surface area contributed by atoms with E-state index < -0.39 is 59.0 Å². The molecule has 1 N–H and O–H groups in total. The highest BCUT2D eigenvalue weighted by atomic mass is 19.3. The Kier molecular flexibility index (Phi) is 5.23. The number of nitrogens with zero attached hydrogens (tertiary/aromatic N) is 2. The van der Waals surface area contributed by atoms with E-state index in [0.29, 0.717) is 6.07 Å². The van der Waals surface area contributed by atoms with Gasteiger partial charge in [-0.25, -0.2) is 9.18 Å². The molecule has 0 saturated carbocycles. The Labute approximate surface area is 144 Å². The van der Waals surface area contributed by atoms with Gasteiger partial charge in [-0.3, -0.25) is 14.9 Å². The van der Waals surface area contributed by atoms with Crippen LogP contribution in [0.25, 0.3) is 0 Å². The highest BCUT2D eigenvalue weighted by molar-refractivity contribution is 5.99. The largest absolute Gasteiger partial charge is 0.493 e. The molecule has 1 aromatic carbocycles. The standard InChI is InChI=1S/C14H13F3N2O7/c1-25-9-4-7(8(19(23)24)5-10(9)26-13(15)16)11(20)18-3-2-14(17,6-18)12(21)22/h4-5,13H,2-3,6H2,1H3,(H,21,22). The summed E-state index contributed by atoms with van der Waals surface area (Å²) in [5.41, 5.74) is -4.09. The average molecular weight is 378 g/mol. The third-order valence-corrected chi connectivity index (χ3v) is 3.82. The number of likely N-dealkylation sites (tertiary alicyclic amines) is 1. The number of halogens is 3. The van der Waals surface area contributed by atoms with Gasteiger partial charge in [0.15, 0.2) is 11.5 Å². The van der Waals surface area contributed by atoms with Gasteiger partial charge in [-0.15, -0.1) is 0 Å². The Bertz CT molecular complexity index is 758. The number of amides is 1. The number of aliphatic carboxylic acids is 1. The number of carboxylic acid groups (broad SMARTS) is 1. The van der Waals surface area contributed by atoms with Crippen LogP contribution in [-0.4, -0.2) is 59.3 Å². The van der Waals surface area contributed by atoms with Gasteiger partial charge in [0.25, 0.3) is 11.6 Å². The lowest BCUT2D eigenvalue weighted by atomic mass is 10.1. The number of carboxylic acids is 1. The number of nitro benzene ring substituents is 1. The molecule has 1 atom stereocenters. The van der Waals surface area contributed by atoms with E-state index in [2.05, 4.69) is 4.74 Å². The van der Waals surface area contributed by atoms with Crippen molar-refractivity contribution in [1.29, 1.82) is 0 Å². The van der Waals surface area contributed by atoms with Crippen LogP contribution in [0.15, 0.2) is 12.1 Å². The highest BCUT2D eigenvalue weighted by Gasteiger charge is 2.47. The number of benzene rings is 1. The number of carbonyl (C=O) groups is 2. The number of rotatable bonds is 6. The first kappa shape index (κ1) is 19.3. The number of carbonyl (C=O) groups excluding carboxylic acids is 1. The van der Waals surface area contributed by atoms with Crippen LogP contribution in [0.4, 0.5) is 18.9 Å². The van der Waals surface area contributed by atoms with E-state index in [4.69, 9.17) is 9.84 Å². The molecule has 1 saturated heterocycles. The maximum atomic E-state index is 14.1. The van der Waals surface area contributed by atoms with E-state index in [0.717, 1.165) is 18.1 Å². The lowest BCUT2D eigenvalue weighted by molar-refractivity contribution is -0.385. The summed E-state index contributed by atoms with van der Waals surface area (Å²) in [5.74, 6) is -3.80. The first-order chi connectivity index (χ1) is 12.1. The first-order valence-electron chi connectivity index (χ1n) is 7.12. The van der Waals surface area contributed by atoms with Gasteiger partial charge in [0.1, 0.15) is 5.56 Å². The monoisotopic (exact) mass is 378 g/mol. The van der Waals surface area contributed by atoms with Gasteiger partial charge in [-0.2, -0.15) is 8.78 Å². The molecule has 1 unspecified atom stereocenters. The number of hydrogen-bond acceptors (Lipinski definition) is 6. The van der Waals surface area contributed by atoms with E-state index in [1.54, 1.807) is 0 Å². The molecule has 2 rings (SSSR count). The van der Waals surface area contributed by atoms with Crippen LogP contribution in [0.5, 0.6) is 11.5 Å². The van der Waals surface area contributed by atoms with Crippen molar-refractivity contribution in [3.8, 4) is 11.5 Å². The molecule has 1 amide bonds. The van der Waals surface area contributed by atoms with E-state index in [9.17, 15) is 32.9 Å². The molecule has 1 aliphatic heterocycles. The number of ether oxygens (including phenoxy) is 2. The van der Waals surface area contributed by atoms with Gasteiger partial charge in [0.2, 0.25) is 5.67 Å². The molecule has 0 radical (unpaired) electrons. The van der Waals surface area contributed by atoms with E-state index in [-0.39, 0.29) is 12.3 Å². The fraction of sp³-hybridized carbons (Fsp3) is 0.429. The molecule has 142 valence electrons. The average Bonchev–Trinajstić information content (AvgIpc) is 2.97. The number of nitro groups is 1. The lowest BCUT2D eigenvalue weighted by Crippen LogP contribution is -2.39. The van der Waals surface area contributed by atoms with Crippen LogP contribution in [0.1, 0.15) is 16.8 Å². The van der Waals surface area contributed by atoms with Crippen LogP contribution in [0.3, 0.4) is 0 Å². The number of hydrogen-bond donors (Lipinski definition) is 1. The third-order valence-electron chi connectivity index (χ3n) is 3.82. The molecule has 1 fully saturated rings. The first-order valence-corrected chi connectivity index (χ1v) is 7.12. The molecule has 26 heavy (non-hydrogen) atoms. The zero-order chi connectivity index (χ0) is 19.6. The zero-order valence-corrected chi connectivity index (χ0v) is 13.3. The van der Waals surface area contributed by atoms with Crippen molar-refractivity contribution in [1.82, 2.24) is 4.90 Å². The van der Waals surface area contributed by atoms with Crippen LogP contribution >= 0.6 is 0 Å². The summed E-state index contributed by atoms with van der Waals surface area (Å²) in [7, 11) is 1.07. The normalized spacial score (nSPS) is 19.5. The Balaban J connectivity index is 2.43. The second kappa shape index (κ2) is 7.06. The molecule has 0 spiro atoms. The molecule has 1 aromatic rings. The Morgan fingerprint density at radius 2 is 2.04 bits per heavy atom. The number of alkyl halides is 3. The van der Waals surface area contributed by atoms with Crippen molar-refractivity contribution in [2.75, 3.05) is 20.2 Å². The van der Waals surface area contributed by atoms with Crippen molar-refractivity contribution in [3.05, 3.63) is 27.8 Å². The molecule has 0 aliphatic carbocycles. The fourth-order valence-corrected chi connectivity index (χ4v) is 2.51. The van der Waals surface area contributed by atoms with Crippen molar-refractivity contribution >= 4 is 17.6 Å². The summed E-state index contributed by atoms with van der Waals surface area (Å²) in [4.78, 5) is 34.4. The smallest absolute Gasteiger partial charge is 0.387 e. The predicted octanol–water partition coefficient (Wildman–Crippen LogP) is 1.84. The summed E-state index contributed by atoms with van der Waals surface area (Å²) in [6.45, 7) is -4.36. The van der Waals surface area contributed by atoms with Crippen molar-refractivity contribution in [2.45, 2.75) is 18.7 Å². The van der Waals surface area contributed by atoms with Gasteiger partial charge < -0.3 is 19.5 Å². The van der Waals surface area contributed by atoms with Gasteiger partial charge >= 0.3 is 12.6 Å². The van der Waals surface area contributed by atoms with Gasteiger partial charge in [0.05, 0.1) is 24.6 Å². The summed E-state index contributed by atoms with van der Waals surface area (Å²) >= 11 is 0. The Morgan fingerprint density at radius 1 is 1.38 bits per heavy atom. The molecule has 9 nitrogen and oxygen atoms in total. The number of methoxy groups -OCH3 is 1. The maximum Gasteiger partial charge on any atom is 0.387 e. The predicted molar refractivity (Wildman–Crippen MR) is 78.3 cm³/mol. The third kappa shape index (κ3) is 3.63. The molecule has 1 aliphatic rings. The quantitative estimate of drug-likeness (QED) is 0.592. The van der Waals surface area contributed by atoms with Gasteiger partial charge in [-0.05, 0) is 0 Å². The minimum Gasteiger partial charge on any atom is -0.493 e.